The molecule has 34 heavy (non-hydrogen) atoms. The van der Waals surface area contributed by atoms with Gasteiger partial charge in [0.15, 0.2) is 0 Å². The second-order valence-corrected chi connectivity index (χ2v) is 10.9. The number of nitrogens with one attached hydrogen (secondary N) is 2. The fourth-order valence-electron chi connectivity index (χ4n) is 4.09. The van der Waals surface area contributed by atoms with E-state index in [0.717, 1.165) is 43.6 Å². The van der Waals surface area contributed by atoms with E-state index in [1.54, 1.807) is 6.07 Å². The first-order chi connectivity index (χ1) is 16.2. The molecule has 1 unspecified atom stereocenters. The summed E-state index contributed by atoms with van der Waals surface area (Å²) in [5.41, 5.74) is 1.81. The number of ether oxygens (including phenoxy) is 1. The normalized spacial score (nSPS) is 17.4. The molecule has 1 aromatic heterocycles. The molecule has 1 aliphatic carbocycles. The average molecular weight is 509 g/mol. The van der Waals surface area contributed by atoms with Crippen LogP contribution in [0.4, 0.5) is 10.2 Å². The predicted molar refractivity (Wildman–Crippen MR) is 132 cm³/mol. The smallest absolute Gasteiger partial charge is 0.265 e. The Bertz CT molecular complexity index is 1090. The maximum absolute atomic E-state index is 14.6. The zero-order valence-electron chi connectivity index (χ0n) is 19.6. The summed E-state index contributed by atoms with van der Waals surface area (Å²) in [6.45, 7) is 7.06. The van der Waals surface area contributed by atoms with Crippen LogP contribution in [0, 0.1) is 11.7 Å². The van der Waals surface area contributed by atoms with E-state index >= 15 is 0 Å². The zero-order valence-corrected chi connectivity index (χ0v) is 21.1. The SMILES string of the molecule is CC(C)Nc1ncc(CN2CC(COc3cc(F)c(C(=O)NS(C)=O)cc3C3CC3)C2)cc1Cl. The molecule has 10 heteroatoms. The lowest BCUT2D eigenvalue weighted by atomic mass is 10.00. The first-order valence-corrected chi connectivity index (χ1v) is 13.4. The second kappa shape index (κ2) is 10.6. The monoisotopic (exact) mass is 508 g/mol. The van der Waals surface area contributed by atoms with Gasteiger partial charge in [0, 0.05) is 50.1 Å². The number of anilines is 1. The van der Waals surface area contributed by atoms with Crippen molar-refractivity contribution in [2.75, 3.05) is 31.3 Å². The van der Waals surface area contributed by atoms with Crippen molar-refractivity contribution in [2.45, 2.75) is 45.2 Å². The highest BCUT2D eigenvalue weighted by Gasteiger charge is 2.31. The Balaban J connectivity index is 1.31. The van der Waals surface area contributed by atoms with Gasteiger partial charge >= 0.3 is 0 Å². The van der Waals surface area contributed by atoms with Crippen LogP contribution >= 0.6 is 11.6 Å². The van der Waals surface area contributed by atoms with Crippen molar-refractivity contribution in [1.82, 2.24) is 14.6 Å². The van der Waals surface area contributed by atoms with Gasteiger partial charge < -0.3 is 10.1 Å². The molecular weight excluding hydrogens is 479 g/mol. The van der Waals surface area contributed by atoms with E-state index in [2.05, 4.69) is 19.9 Å². The molecule has 1 saturated carbocycles. The highest BCUT2D eigenvalue weighted by Crippen LogP contribution is 2.45. The van der Waals surface area contributed by atoms with E-state index < -0.39 is 22.7 Å². The van der Waals surface area contributed by atoms with Crippen LogP contribution in [0.25, 0.3) is 0 Å². The molecule has 2 N–H and O–H groups in total. The van der Waals surface area contributed by atoms with Gasteiger partial charge in [-0.15, -0.1) is 0 Å². The quantitative estimate of drug-likeness (QED) is 0.502. The maximum atomic E-state index is 14.6. The molecule has 1 saturated heterocycles. The van der Waals surface area contributed by atoms with E-state index in [9.17, 15) is 13.4 Å². The lowest BCUT2D eigenvalue weighted by molar-refractivity contribution is 0.0553. The molecule has 2 aromatic rings. The van der Waals surface area contributed by atoms with Crippen LogP contribution in [0.1, 0.15) is 54.1 Å². The Hall–Kier alpha value is -2.23. The molecule has 1 atom stereocenters. The van der Waals surface area contributed by atoms with Crippen LogP contribution in [0.15, 0.2) is 24.4 Å². The fraction of sp³-hybridized carbons (Fsp3) is 0.500. The fourth-order valence-corrected chi connectivity index (χ4v) is 4.70. The number of amides is 1. The van der Waals surface area contributed by atoms with E-state index in [1.807, 2.05) is 26.1 Å². The Labute approximate surface area is 207 Å². The average Bonchev–Trinajstić information content (AvgIpc) is 3.56. The number of benzene rings is 1. The maximum Gasteiger partial charge on any atom is 0.265 e. The van der Waals surface area contributed by atoms with Crippen molar-refractivity contribution in [1.29, 1.82) is 0 Å². The summed E-state index contributed by atoms with van der Waals surface area (Å²) in [7, 11) is -1.55. The van der Waals surface area contributed by atoms with E-state index in [1.165, 1.54) is 12.3 Å². The number of nitrogens with zero attached hydrogens (tertiary/aromatic N) is 2. The predicted octanol–water partition coefficient (Wildman–Crippen LogP) is 4.11. The number of pyridine rings is 1. The summed E-state index contributed by atoms with van der Waals surface area (Å²) in [5.74, 6) is 0.460. The zero-order chi connectivity index (χ0) is 24.4. The minimum atomic E-state index is -1.55. The standard InChI is InChI=1S/C24H30ClFN4O3S/c1-14(2)28-23-20(25)6-15(9-27-23)10-30-11-16(12-30)13-33-22-8-21(26)19(24(31)29-34(3)32)7-18(22)17-4-5-17/h6-9,14,16-17H,4-5,10-13H2,1-3H3,(H,27,28)(H,29,31). The van der Waals surface area contributed by atoms with Crippen LogP contribution in [-0.2, 0) is 17.5 Å². The molecule has 184 valence electrons. The van der Waals surface area contributed by atoms with Gasteiger partial charge in [0.1, 0.15) is 28.4 Å². The number of carbonyl (C=O) groups excluding carboxylic acids is 1. The molecule has 2 aliphatic rings. The molecule has 7 nitrogen and oxygen atoms in total. The van der Waals surface area contributed by atoms with Crippen molar-refractivity contribution in [3.05, 3.63) is 51.9 Å². The minimum absolute atomic E-state index is 0.0962. The number of hydrogen-bond donors (Lipinski definition) is 2. The summed E-state index contributed by atoms with van der Waals surface area (Å²) < 4.78 is 34.1. The molecule has 0 radical (unpaired) electrons. The third kappa shape index (κ3) is 6.25. The van der Waals surface area contributed by atoms with Gasteiger partial charge in [-0.25, -0.2) is 13.6 Å². The van der Waals surface area contributed by atoms with Crippen molar-refractivity contribution in [2.24, 2.45) is 5.92 Å². The molecule has 1 aliphatic heterocycles. The molecular formula is C24H30ClFN4O3S. The Kier molecular flexibility index (Phi) is 7.74. The Morgan fingerprint density at radius 1 is 1.32 bits per heavy atom. The first kappa shape index (κ1) is 24.9. The van der Waals surface area contributed by atoms with Gasteiger partial charge in [-0.3, -0.25) is 14.4 Å². The van der Waals surface area contributed by atoms with Crippen LogP contribution in [0.2, 0.25) is 5.02 Å². The van der Waals surface area contributed by atoms with Gasteiger partial charge in [-0.05, 0) is 55.9 Å². The Morgan fingerprint density at radius 2 is 2.06 bits per heavy atom. The Morgan fingerprint density at radius 3 is 2.68 bits per heavy atom. The molecule has 2 fully saturated rings. The van der Waals surface area contributed by atoms with Crippen molar-refractivity contribution < 1.29 is 18.1 Å². The summed E-state index contributed by atoms with van der Waals surface area (Å²) >= 11 is 6.34. The van der Waals surface area contributed by atoms with Crippen LogP contribution in [0.3, 0.4) is 0 Å². The molecule has 1 amide bonds. The van der Waals surface area contributed by atoms with Gasteiger partial charge in [0.25, 0.3) is 5.91 Å². The number of rotatable bonds is 10. The number of likely N-dealkylation sites (tertiary alicyclic amines) is 1. The lowest BCUT2D eigenvalue weighted by Crippen LogP contribution is -2.48. The summed E-state index contributed by atoms with van der Waals surface area (Å²) in [6, 6.07) is 5.04. The van der Waals surface area contributed by atoms with Crippen LogP contribution in [-0.4, -0.2) is 52.0 Å². The molecule has 0 bridgehead atoms. The third-order valence-electron chi connectivity index (χ3n) is 5.83. The highest BCUT2D eigenvalue weighted by molar-refractivity contribution is 7.82. The van der Waals surface area contributed by atoms with Gasteiger partial charge in [0.2, 0.25) is 0 Å². The molecule has 2 heterocycles. The van der Waals surface area contributed by atoms with Crippen LogP contribution in [0.5, 0.6) is 5.75 Å². The minimum Gasteiger partial charge on any atom is -0.493 e. The summed E-state index contributed by atoms with van der Waals surface area (Å²) in [6.07, 6.45) is 5.15. The van der Waals surface area contributed by atoms with Gasteiger partial charge in [0.05, 0.1) is 17.2 Å². The first-order valence-electron chi connectivity index (χ1n) is 11.4. The van der Waals surface area contributed by atoms with E-state index in [0.29, 0.717) is 29.1 Å². The largest absolute Gasteiger partial charge is 0.493 e. The lowest BCUT2D eigenvalue weighted by Gasteiger charge is -2.39. The van der Waals surface area contributed by atoms with Crippen molar-refractivity contribution in [3.63, 3.8) is 0 Å². The second-order valence-electron chi connectivity index (χ2n) is 9.37. The summed E-state index contributed by atoms with van der Waals surface area (Å²) in [4.78, 5) is 18.9. The van der Waals surface area contributed by atoms with Crippen molar-refractivity contribution >= 4 is 34.3 Å². The van der Waals surface area contributed by atoms with Crippen LogP contribution < -0.4 is 14.8 Å². The molecule has 0 spiro atoms. The van der Waals surface area contributed by atoms with E-state index in [-0.39, 0.29) is 17.5 Å². The van der Waals surface area contributed by atoms with Gasteiger partial charge in [-0.1, -0.05) is 11.6 Å². The summed E-state index contributed by atoms with van der Waals surface area (Å²) in [5, 5.41) is 3.84. The number of carbonyl (C=O) groups is 1. The van der Waals surface area contributed by atoms with E-state index in [4.69, 9.17) is 16.3 Å². The number of halogens is 2. The van der Waals surface area contributed by atoms with Gasteiger partial charge in [-0.2, -0.15) is 0 Å². The third-order valence-corrected chi connectivity index (χ3v) is 6.60. The molecule has 4 rings (SSSR count). The topological polar surface area (TPSA) is 83.6 Å². The highest BCUT2D eigenvalue weighted by atomic mass is 35.5. The molecule has 1 aromatic carbocycles. The number of aromatic nitrogens is 1. The van der Waals surface area contributed by atoms with Crippen molar-refractivity contribution in [3.8, 4) is 5.75 Å². The number of hydrogen-bond acceptors (Lipinski definition) is 6.